The number of halogens is 1. The highest BCUT2D eigenvalue weighted by molar-refractivity contribution is 5.92. The fraction of sp³-hybridized carbons (Fsp3) is 0.438. The number of hydrogen-bond acceptors (Lipinski definition) is 4. The molecule has 0 aliphatic carbocycles. The van der Waals surface area contributed by atoms with Gasteiger partial charge in [-0.1, -0.05) is 6.92 Å². The van der Waals surface area contributed by atoms with Crippen LogP contribution in [0.3, 0.4) is 0 Å². The van der Waals surface area contributed by atoms with E-state index in [2.05, 4.69) is 17.1 Å². The van der Waals surface area contributed by atoms with Crippen LogP contribution < -0.4 is 5.73 Å². The minimum absolute atomic E-state index is 0.0345. The first kappa shape index (κ1) is 15.6. The van der Waals surface area contributed by atoms with E-state index in [1.807, 2.05) is 0 Å². The third-order valence-corrected chi connectivity index (χ3v) is 4.39. The number of piperidine rings is 1. The lowest BCUT2D eigenvalue weighted by atomic mass is 9.90. The van der Waals surface area contributed by atoms with E-state index >= 15 is 0 Å². The summed E-state index contributed by atoms with van der Waals surface area (Å²) in [5.41, 5.74) is 6.72. The van der Waals surface area contributed by atoms with Gasteiger partial charge in [0.25, 0.3) is 5.91 Å². The number of hydrogen-bond donors (Lipinski definition) is 1. The molecular weight excluding hydrogens is 297 g/mol. The topological polar surface area (TPSA) is 77.0 Å². The first-order chi connectivity index (χ1) is 11.1. The van der Waals surface area contributed by atoms with Crippen LogP contribution >= 0.6 is 0 Å². The van der Waals surface area contributed by atoms with Gasteiger partial charge in [0.15, 0.2) is 5.69 Å². The van der Waals surface area contributed by atoms with Crippen LogP contribution in [-0.2, 0) is 0 Å². The van der Waals surface area contributed by atoms with Gasteiger partial charge in [0.2, 0.25) is 0 Å². The van der Waals surface area contributed by atoms with Gasteiger partial charge in [0.1, 0.15) is 5.82 Å². The molecule has 0 spiro atoms. The molecule has 1 saturated heterocycles. The molecule has 1 aliphatic heterocycles. The number of amides is 1. The lowest BCUT2D eigenvalue weighted by Crippen LogP contribution is -2.51. The molecule has 2 atom stereocenters. The Bertz CT molecular complexity index is 684. The molecule has 1 aliphatic rings. The molecule has 122 valence electrons. The van der Waals surface area contributed by atoms with Gasteiger partial charge < -0.3 is 10.6 Å². The van der Waals surface area contributed by atoms with Crippen LogP contribution in [0.2, 0.25) is 0 Å². The molecule has 1 fully saturated rings. The smallest absolute Gasteiger partial charge is 0.276 e. The van der Waals surface area contributed by atoms with Crippen LogP contribution in [0.5, 0.6) is 0 Å². The summed E-state index contributed by atoms with van der Waals surface area (Å²) in [6, 6.07) is 5.82. The Morgan fingerprint density at radius 3 is 2.83 bits per heavy atom. The summed E-state index contributed by atoms with van der Waals surface area (Å²) >= 11 is 0. The zero-order valence-corrected chi connectivity index (χ0v) is 13.0. The molecule has 0 bridgehead atoms. The number of carbonyl (C=O) groups excluding carboxylic acids is 1. The monoisotopic (exact) mass is 317 g/mol. The van der Waals surface area contributed by atoms with Gasteiger partial charge in [-0.2, -0.15) is 9.90 Å². The molecule has 23 heavy (non-hydrogen) atoms. The number of benzene rings is 1. The van der Waals surface area contributed by atoms with Crippen molar-refractivity contribution in [3.05, 3.63) is 42.0 Å². The van der Waals surface area contributed by atoms with Gasteiger partial charge in [-0.05, 0) is 43.0 Å². The summed E-state index contributed by atoms with van der Waals surface area (Å²) in [4.78, 5) is 15.8. The van der Waals surface area contributed by atoms with Crippen molar-refractivity contribution in [2.24, 2.45) is 11.7 Å². The Morgan fingerprint density at radius 1 is 1.39 bits per heavy atom. The number of nitrogens with two attached hydrogens (primary N) is 1. The van der Waals surface area contributed by atoms with E-state index in [1.54, 1.807) is 17.0 Å². The zero-order valence-electron chi connectivity index (χ0n) is 13.0. The summed E-state index contributed by atoms with van der Waals surface area (Å²) in [6.07, 6.45) is 3.49. The van der Waals surface area contributed by atoms with Gasteiger partial charge >= 0.3 is 0 Å². The van der Waals surface area contributed by atoms with Crippen molar-refractivity contribution >= 4 is 5.91 Å². The minimum atomic E-state index is -0.328. The Kier molecular flexibility index (Phi) is 4.38. The summed E-state index contributed by atoms with van der Waals surface area (Å²) in [5.74, 6) is -0.101. The zero-order chi connectivity index (χ0) is 16.4. The molecule has 3 rings (SSSR count). The molecule has 1 aromatic carbocycles. The van der Waals surface area contributed by atoms with Crippen molar-refractivity contribution in [2.75, 3.05) is 13.1 Å². The first-order valence-electron chi connectivity index (χ1n) is 7.79. The second-order valence-corrected chi connectivity index (χ2v) is 5.92. The average Bonchev–Trinajstić information content (AvgIpc) is 3.04. The van der Waals surface area contributed by atoms with Crippen LogP contribution in [0.25, 0.3) is 5.69 Å². The number of carbonyl (C=O) groups is 1. The molecule has 2 N–H and O–H groups in total. The maximum atomic E-state index is 13.0. The van der Waals surface area contributed by atoms with E-state index in [1.165, 1.54) is 23.1 Å². The quantitative estimate of drug-likeness (QED) is 0.933. The lowest BCUT2D eigenvalue weighted by Gasteiger charge is -2.39. The predicted molar refractivity (Wildman–Crippen MR) is 83.6 cm³/mol. The highest BCUT2D eigenvalue weighted by Crippen LogP contribution is 2.24. The molecule has 1 aromatic heterocycles. The van der Waals surface area contributed by atoms with E-state index < -0.39 is 0 Å². The maximum Gasteiger partial charge on any atom is 0.276 e. The third kappa shape index (κ3) is 3.10. The average molecular weight is 317 g/mol. The summed E-state index contributed by atoms with van der Waals surface area (Å²) in [5, 5.41) is 8.34. The van der Waals surface area contributed by atoms with Gasteiger partial charge in [-0.15, -0.1) is 5.10 Å². The lowest BCUT2D eigenvalue weighted by molar-refractivity contribution is 0.0526. The minimum Gasteiger partial charge on any atom is -0.333 e. The Hall–Kier alpha value is -2.28. The SMILES string of the molecule is C[C@@H]1CCCN(C(=O)c2cnn(-c3ccc(F)cc3)n2)[C@@H]1CN. The fourth-order valence-electron chi connectivity index (χ4n) is 3.07. The van der Waals surface area contributed by atoms with Crippen LogP contribution in [0, 0.1) is 11.7 Å². The molecule has 7 heteroatoms. The molecule has 0 radical (unpaired) electrons. The van der Waals surface area contributed by atoms with Crippen molar-refractivity contribution < 1.29 is 9.18 Å². The van der Waals surface area contributed by atoms with E-state index in [9.17, 15) is 9.18 Å². The first-order valence-corrected chi connectivity index (χ1v) is 7.79. The van der Waals surface area contributed by atoms with E-state index in [0.717, 1.165) is 12.8 Å². The van der Waals surface area contributed by atoms with Crippen molar-refractivity contribution in [3.63, 3.8) is 0 Å². The summed E-state index contributed by atoms with van der Waals surface area (Å²) in [7, 11) is 0. The fourth-order valence-corrected chi connectivity index (χ4v) is 3.07. The molecule has 0 unspecified atom stereocenters. The van der Waals surface area contributed by atoms with Crippen molar-refractivity contribution in [2.45, 2.75) is 25.8 Å². The Balaban J connectivity index is 1.82. The van der Waals surface area contributed by atoms with Crippen LogP contribution in [0.1, 0.15) is 30.3 Å². The van der Waals surface area contributed by atoms with Crippen molar-refractivity contribution in [1.82, 2.24) is 19.9 Å². The molecule has 1 amide bonds. The van der Waals surface area contributed by atoms with Gasteiger partial charge in [0.05, 0.1) is 11.9 Å². The van der Waals surface area contributed by atoms with Crippen molar-refractivity contribution in [1.29, 1.82) is 0 Å². The summed E-state index contributed by atoms with van der Waals surface area (Å²) < 4.78 is 13.0. The molecule has 0 saturated carbocycles. The number of nitrogens with zero attached hydrogens (tertiary/aromatic N) is 4. The van der Waals surface area contributed by atoms with E-state index in [-0.39, 0.29) is 23.5 Å². The Labute approximate surface area is 134 Å². The number of likely N-dealkylation sites (tertiary alicyclic amines) is 1. The summed E-state index contributed by atoms with van der Waals surface area (Å²) in [6.45, 7) is 3.25. The van der Waals surface area contributed by atoms with Crippen LogP contribution in [0.4, 0.5) is 4.39 Å². The predicted octanol–water partition coefficient (Wildman–Crippen LogP) is 1.61. The van der Waals surface area contributed by atoms with Gasteiger partial charge in [-0.3, -0.25) is 4.79 Å². The molecule has 2 heterocycles. The highest BCUT2D eigenvalue weighted by Gasteiger charge is 2.32. The van der Waals surface area contributed by atoms with Crippen molar-refractivity contribution in [3.8, 4) is 5.69 Å². The largest absolute Gasteiger partial charge is 0.333 e. The second-order valence-electron chi connectivity index (χ2n) is 5.92. The van der Waals surface area contributed by atoms with Gasteiger partial charge in [-0.25, -0.2) is 4.39 Å². The normalized spacial score (nSPS) is 21.4. The number of aromatic nitrogens is 3. The van der Waals surface area contributed by atoms with Crippen LogP contribution in [-0.4, -0.2) is 44.9 Å². The molecule has 6 nitrogen and oxygen atoms in total. The number of rotatable bonds is 3. The maximum absolute atomic E-state index is 13.0. The second kappa shape index (κ2) is 6.45. The molecular formula is C16H20FN5O. The van der Waals surface area contributed by atoms with Crippen LogP contribution in [0.15, 0.2) is 30.5 Å². The van der Waals surface area contributed by atoms with E-state index in [0.29, 0.717) is 24.7 Å². The van der Waals surface area contributed by atoms with E-state index in [4.69, 9.17) is 5.73 Å². The molecule has 2 aromatic rings. The Morgan fingerprint density at radius 2 is 2.13 bits per heavy atom. The highest BCUT2D eigenvalue weighted by atomic mass is 19.1. The third-order valence-electron chi connectivity index (χ3n) is 4.39. The van der Waals surface area contributed by atoms with Gasteiger partial charge in [0, 0.05) is 19.1 Å². The standard InChI is InChI=1S/C16H20FN5O/c1-11-3-2-8-21(15(11)9-18)16(23)14-10-19-22(20-14)13-6-4-12(17)5-7-13/h4-7,10-11,15H,2-3,8-9,18H2,1H3/t11-,15-/m1/s1.